The molecule has 3 rings (SSSR count). The third-order valence-corrected chi connectivity index (χ3v) is 4.29. The fraction of sp³-hybridized carbons (Fsp3) is 0.143. The number of ether oxygens (including phenoxy) is 1. The molecule has 0 bridgehead atoms. The lowest BCUT2D eigenvalue weighted by Crippen LogP contribution is -2.14. The molecule has 1 unspecified atom stereocenters. The summed E-state index contributed by atoms with van der Waals surface area (Å²) in [6, 6.07) is 20.4. The summed E-state index contributed by atoms with van der Waals surface area (Å²) >= 11 is 0. The average Bonchev–Trinajstić information content (AvgIpc) is 2.65. The molecule has 126 valence electrons. The van der Waals surface area contributed by atoms with Crippen molar-refractivity contribution in [3.63, 3.8) is 0 Å². The highest BCUT2D eigenvalue weighted by Gasteiger charge is 2.21. The van der Waals surface area contributed by atoms with E-state index in [4.69, 9.17) is 0 Å². The number of carboxylic acid groups (broad SMARTS) is 1. The SMILES string of the molecule is COC(=O)c1ccc(CC(C(=O)O)c2ccc3ccccc3c2)cc1. The lowest BCUT2D eigenvalue weighted by molar-refractivity contribution is -0.138. The molecule has 0 amide bonds. The Morgan fingerprint density at radius 2 is 1.64 bits per heavy atom. The van der Waals surface area contributed by atoms with Crippen molar-refractivity contribution in [3.8, 4) is 0 Å². The van der Waals surface area contributed by atoms with Gasteiger partial charge in [-0.05, 0) is 40.5 Å². The van der Waals surface area contributed by atoms with Crippen molar-refractivity contribution in [2.45, 2.75) is 12.3 Å². The highest BCUT2D eigenvalue weighted by atomic mass is 16.5. The van der Waals surface area contributed by atoms with E-state index < -0.39 is 17.9 Å². The second-order valence-corrected chi connectivity index (χ2v) is 5.89. The van der Waals surface area contributed by atoms with Crippen LogP contribution in [0.2, 0.25) is 0 Å². The van der Waals surface area contributed by atoms with Crippen LogP contribution in [0.25, 0.3) is 10.8 Å². The molecule has 0 aliphatic rings. The Labute approximate surface area is 145 Å². The van der Waals surface area contributed by atoms with Crippen molar-refractivity contribution in [1.82, 2.24) is 0 Å². The standard InChI is InChI=1S/C21H18O4/c1-25-21(24)16-8-6-14(7-9-16)12-19(20(22)23)18-11-10-15-4-2-3-5-17(15)13-18/h2-11,13,19H,12H2,1H3,(H,22,23). The molecule has 4 heteroatoms. The Bertz CT molecular complexity index is 913. The van der Waals surface area contributed by atoms with E-state index in [1.54, 1.807) is 24.3 Å². The first-order chi connectivity index (χ1) is 12.1. The van der Waals surface area contributed by atoms with Gasteiger partial charge < -0.3 is 9.84 Å². The molecule has 25 heavy (non-hydrogen) atoms. The molecule has 0 aliphatic carbocycles. The molecular formula is C21H18O4. The van der Waals surface area contributed by atoms with Gasteiger partial charge in [0, 0.05) is 0 Å². The van der Waals surface area contributed by atoms with E-state index in [2.05, 4.69) is 4.74 Å². The Morgan fingerprint density at radius 3 is 2.28 bits per heavy atom. The van der Waals surface area contributed by atoms with Crippen LogP contribution in [0.1, 0.15) is 27.4 Å². The maximum absolute atomic E-state index is 11.8. The van der Waals surface area contributed by atoms with Gasteiger partial charge in [0.15, 0.2) is 0 Å². The zero-order valence-corrected chi connectivity index (χ0v) is 13.8. The first-order valence-electron chi connectivity index (χ1n) is 7.97. The van der Waals surface area contributed by atoms with Crippen LogP contribution in [-0.2, 0) is 16.0 Å². The lowest BCUT2D eigenvalue weighted by atomic mass is 9.90. The number of esters is 1. The van der Waals surface area contributed by atoms with E-state index in [9.17, 15) is 14.7 Å². The summed E-state index contributed by atoms with van der Waals surface area (Å²) < 4.78 is 4.67. The molecule has 0 saturated carbocycles. The van der Waals surface area contributed by atoms with Gasteiger partial charge in [-0.2, -0.15) is 0 Å². The Balaban J connectivity index is 1.88. The number of rotatable bonds is 5. The fourth-order valence-corrected chi connectivity index (χ4v) is 2.90. The molecule has 0 aliphatic heterocycles. The predicted molar refractivity (Wildman–Crippen MR) is 95.8 cm³/mol. The normalized spacial score (nSPS) is 11.9. The first kappa shape index (κ1) is 16.7. The number of carbonyl (C=O) groups is 2. The third-order valence-electron chi connectivity index (χ3n) is 4.29. The summed E-state index contributed by atoms with van der Waals surface area (Å²) in [6.07, 6.45) is 0.356. The van der Waals surface area contributed by atoms with Gasteiger partial charge in [-0.3, -0.25) is 4.79 Å². The van der Waals surface area contributed by atoms with Crippen LogP contribution >= 0.6 is 0 Å². The summed E-state index contributed by atoms with van der Waals surface area (Å²) in [7, 11) is 1.33. The number of methoxy groups -OCH3 is 1. The van der Waals surface area contributed by atoms with Crippen LogP contribution in [0.4, 0.5) is 0 Å². The monoisotopic (exact) mass is 334 g/mol. The summed E-state index contributed by atoms with van der Waals surface area (Å²) in [6.45, 7) is 0. The van der Waals surface area contributed by atoms with Gasteiger partial charge in [-0.25, -0.2) is 4.79 Å². The molecule has 0 fully saturated rings. The number of hydrogen-bond donors (Lipinski definition) is 1. The summed E-state index contributed by atoms with van der Waals surface area (Å²) in [4.78, 5) is 23.3. The van der Waals surface area contributed by atoms with Gasteiger partial charge in [0.05, 0.1) is 18.6 Å². The summed E-state index contributed by atoms with van der Waals surface area (Å²) in [5.74, 6) is -1.92. The number of fused-ring (bicyclic) bond motifs is 1. The maximum atomic E-state index is 11.8. The van der Waals surface area contributed by atoms with E-state index in [1.165, 1.54) is 7.11 Å². The molecule has 0 radical (unpaired) electrons. The summed E-state index contributed by atoms with van der Waals surface area (Å²) in [5.41, 5.74) is 2.07. The van der Waals surface area contributed by atoms with E-state index in [1.807, 2.05) is 42.5 Å². The molecule has 4 nitrogen and oxygen atoms in total. The Hall–Kier alpha value is -3.14. The van der Waals surface area contributed by atoms with E-state index >= 15 is 0 Å². The molecule has 0 spiro atoms. The smallest absolute Gasteiger partial charge is 0.337 e. The largest absolute Gasteiger partial charge is 0.481 e. The van der Waals surface area contributed by atoms with Crippen molar-refractivity contribution >= 4 is 22.7 Å². The molecule has 1 atom stereocenters. The van der Waals surface area contributed by atoms with Crippen LogP contribution in [0.5, 0.6) is 0 Å². The minimum absolute atomic E-state index is 0.356. The zero-order chi connectivity index (χ0) is 17.8. The predicted octanol–water partition coefficient (Wildman–Crippen LogP) is 4.04. The minimum Gasteiger partial charge on any atom is -0.481 e. The van der Waals surface area contributed by atoms with Crippen LogP contribution in [0.15, 0.2) is 66.7 Å². The highest BCUT2D eigenvalue weighted by molar-refractivity contribution is 5.89. The van der Waals surface area contributed by atoms with Crippen molar-refractivity contribution in [2.75, 3.05) is 7.11 Å². The van der Waals surface area contributed by atoms with E-state index in [-0.39, 0.29) is 0 Å². The number of hydrogen-bond acceptors (Lipinski definition) is 3. The van der Waals surface area contributed by atoms with Gasteiger partial charge in [-0.1, -0.05) is 54.6 Å². The van der Waals surface area contributed by atoms with E-state index in [0.29, 0.717) is 12.0 Å². The van der Waals surface area contributed by atoms with Gasteiger partial charge in [-0.15, -0.1) is 0 Å². The average molecular weight is 334 g/mol. The molecule has 0 aromatic heterocycles. The lowest BCUT2D eigenvalue weighted by Gasteiger charge is -2.14. The number of aliphatic carboxylic acids is 1. The van der Waals surface area contributed by atoms with Crippen molar-refractivity contribution in [2.24, 2.45) is 0 Å². The van der Waals surface area contributed by atoms with Crippen molar-refractivity contribution in [1.29, 1.82) is 0 Å². The molecule has 0 heterocycles. The number of benzene rings is 3. The number of carbonyl (C=O) groups excluding carboxylic acids is 1. The molecule has 1 N–H and O–H groups in total. The highest BCUT2D eigenvalue weighted by Crippen LogP contribution is 2.25. The van der Waals surface area contributed by atoms with Crippen LogP contribution < -0.4 is 0 Å². The number of carboxylic acids is 1. The molecule has 3 aromatic carbocycles. The minimum atomic E-state index is -0.868. The molecular weight excluding hydrogens is 316 g/mol. The summed E-state index contributed by atoms with van der Waals surface area (Å²) in [5, 5.41) is 11.8. The first-order valence-corrected chi connectivity index (χ1v) is 7.97. The van der Waals surface area contributed by atoms with Crippen molar-refractivity contribution < 1.29 is 19.4 Å². The second kappa shape index (κ2) is 7.18. The fourth-order valence-electron chi connectivity index (χ4n) is 2.90. The maximum Gasteiger partial charge on any atom is 0.337 e. The third kappa shape index (κ3) is 3.69. The topological polar surface area (TPSA) is 63.6 Å². The van der Waals surface area contributed by atoms with Crippen molar-refractivity contribution in [3.05, 3.63) is 83.4 Å². The Kier molecular flexibility index (Phi) is 4.80. The quantitative estimate of drug-likeness (QED) is 0.715. The molecule has 3 aromatic rings. The van der Waals surface area contributed by atoms with Crippen LogP contribution in [-0.4, -0.2) is 24.2 Å². The second-order valence-electron chi connectivity index (χ2n) is 5.89. The van der Waals surface area contributed by atoms with Gasteiger partial charge in [0.25, 0.3) is 0 Å². The van der Waals surface area contributed by atoms with E-state index in [0.717, 1.165) is 21.9 Å². The van der Waals surface area contributed by atoms with Gasteiger partial charge >= 0.3 is 11.9 Å². The van der Waals surface area contributed by atoms with Gasteiger partial charge in [0.2, 0.25) is 0 Å². The van der Waals surface area contributed by atoms with Gasteiger partial charge in [0.1, 0.15) is 0 Å². The Morgan fingerprint density at radius 1 is 0.960 bits per heavy atom. The zero-order valence-electron chi connectivity index (χ0n) is 13.8. The van der Waals surface area contributed by atoms with Crippen LogP contribution in [0, 0.1) is 0 Å². The molecule has 0 saturated heterocycles. The van der Waals surface area contributed by atoms with Crippen LogP contribution in [0.3, 0.4) is 0 Å².